The summed E-state index contributed by atoms with van der Waals surface area (Å²) in [4.78, 5) is 10.0. The van der Waals surface area contributed by atoms with Gasteiger partial charge in [0, 0.05) is 10.8 Å². The molecule has 0 saturated carbocycles. The van der Waals surface area contributed by atoms with Gasteiger partial charge in [-0.05, 0) is 0 Å². The second-order valence-corrected chi connectivity index (χ2v) is 2.18. The highest BCUT2D eigenvalue weighted by Gasteiger charge is 2.08. The van der Waals surface area contributed by atoms with Crippen LogP contribution in [-0.2, 0) is 0 Å². The summed E-state index contributed by atoms with van der Waals surface area (Å²) in [7, 11) is 0. The van der Waals surface area contributed by atoms with Crippen LogP contribution in [0.15, 0.2) is 10.8 Å². The molecule has 0 aromatic carbocycles. The number of aromatic carboxylic acids is 1. The minimum absolute atomic E-state index is 0.250. The SMILES string of the molecule is O=C(O)c1cscc1F. The van der Waals surface area contributed by atoms with Crippen molar-refractivity contribution in [1.82, 2.24) is 0 Å². The molecule has 4 heteroatoms. The highest BCUT2D eigenvalue weighted by molar-refractivity contribution is 7.08. The number of carboxylic acid groups (broad SMARTS) is 1. The Balaban J connectivity index is 3.08. The van der Waals surface area contributed by atoms with E-state index in [0.29, 0.717) is 0 Å². The van der Waals surface area contributed by atoms with Crippen LogP contribution in [-0.4, -0.2) is 11.1 Å². The molecule has 0 unspecified atom stereocenters. The molecule has 0 atom stereocenters. The van der Waals surface area contributed by atoms with Crippen LogP contribution in [0.2, 0.25) is 0 Å². The molecule has 1 N–H and O–H groups in total. The fourth-order valence-corrected chi connectivity index (χ4v) is 1.10. The van der Waals surface area contributed by atoms with E-state index < -0.39 is 11.8 Å². The van der Waals surface area contributed by atoms with Crippen LogP contribution < -0.4 is 0 Å². The van der Waals surface area contributed by atoms with Crippen LogP contribution in [0, 0.1) is 5.82 Å². The standard InChI is InChI=1S/C5H3FO2S/c6-4-2-9-1-3(4)5(7)8/h1-2H,(H,7,8). The maximum atomic E-state index is 12.2. The van der Waals surface area contributed by atoms with Gasteiger partial charge in [-0.3, -0.25) is 0 Å². The fraction of sp³-hybridized carbons (Fsp3) is 0. The monoisotopic (exact) mass is 146 g/mol. The Bertz CT molecular complexity index is 231. The first-order valence-corrected chi connectivity index (χ1v) is 3.11. The zero-order valence-corrected chi connectivity index (χ0v) is 5.11. The Hall–Kier alpha value is -0.900. The highest BCUT2D eigenvalue weighted by atomic mass is 32.1. The van der Waals surface area contributed by atoms with E-state index in [0.717, 1.165) is 16.7 Å². The van der Waals surface area contributed by atoms with Crippen molar-refractivity contribution in [1.29, 1.82) is 0 Å². The lowest BCUT2D eigenvalue weighted by Gasteiger charge is -1.83. The number of thiophene rings is 1. The Morgan fingerprint density at radius 3 is 2.56 bits per heavy atom. The lowest BCUT2D eigenvalue weighted by molar-refractivity contribution is 0.0692. The zero-order chi connectivity index (χ0) is 6.85. The van der Waals surface area contributed by atoms with Gasteiger partial charge in [0.1, 0.15) is 11.4 Å². The van der Waals surface area contributed by atoms with Gasteiger partial charge >= 0.3 is 5.97 Å². The maximum Gasteiger partial charge on any atom is 0.339 e. The van der Waals surface area contributed by atoms with Gasteiger partial charge in [-0.1, -0.05) is 0 Å². The predicted molar refractivity (Wildman–Crippen MR) is 31.2 cm³/mol. The lowest BCUT2D eigenvalue weighted by atomic mass is 10.3. The van der Waals surface area contributed by atoms with Crippen molar-refractivity contribution in [2.75, 3.05) is 0 Å². The molecule has 9 heavy (non-hydrogen) atoms. The minimum Gasteiger partial charge on any atom is -0.478 e. The topological polar surface area (TPSA) is 37.3 Å². The predicted octanol–water partition coefficient (Wildman–Crippen LogP) is 1.59. The third-order valence-electron chi connectivity index (χ3n) is 0.845. The normalized spacial score (nSPS) is 9.44. The largest absolute Gasteiger partial charge is 0.478 e. The van der Waals surface area contributed by atoms with Crippen LogP contribution in [0.3, 0.4) is 0 Å². The van der Waals surface area contributed by atoms with E-state index in [9.17, 15) is 9.18 Å². The molecule has 0 aliphatic heterocycles. The van der Waals surface area contributed by atoms with Gasteiger partial charge in [0.25, 0.3) is 0 Å². The van der Waals surface area contributed by atoms with Crippen LogP contribution >= 0.6 is 11.3 Å². The molecular weight excluding hydrogens is 143 g/mol. The molecular formula is C5H3FO2S. The van der Waals surface area contributed by atoms with Crippen molar-refractivity contribution in [2.45, 2.75) is 0 Å². The summed E-state index contributed by atoms with van der Waals surface area (Å²) in [6.45, 7) is 0. The van der Waals surface area contributed by atoms with Crippen molar-refractivity contribution in [3.05, 3.63) is 22.1 Å². The van der Waals surface area contributed by atoms with Crippen LogP contribution in [0.4, 0.5) is 4.39 Å². The molecule has 48 valence electrons. The summed E-state index contributed by atoms with van der Waals surface area (Å²) < 4.78 is 12.2. The molecule has 2 nitrogen and oxygen atoms in total. The highest BCUT2D eigenvalue weighted by Crippen LogP contribution is 2.11. The molecule has 0 spiro atoms. The van der Waals surface area contributed by atoms with Gasteiger partial charge < -0.3 is 5.11 Å². The summed E-state index contributed by atoms with van der Waals surface area (Å²) in [5.41, 5.74) is -0.250. The summed E-state index contributed by atoms with van der Waals surface area (Å²) in [6.07, 6.45) is 0. The van der Waals surface area contributed by atoms with E-state index in [4.69, 9.17) is 5.11 Å². The van der Waals surface area contributed by atoms with Gasteiger partial charge in [0.2, 0.25) is 0 Å². The summed E-state index contributed by atoms with van der Waals surface area (Å²) >= 11 is 1.04. The second-order valence-electron chi connectivity index (χ2n) is 1.44. The van der Waals surface area contributed by atoms with Crippen molar-refractivity contribution in [3.8, 4) is 0 Å². The van der Waals surface area contributed by atoms with Gasteiger partial charge in [0.15, 0.2) is 0 Å². The maximum absolute atomic E-state index is 12.2. The lowest BCUT2D eigenvalue weighted by Crippen LogP contribution is -1.95. The van der Waals surface area contributed by atoms with Crippen molar-refractivity contribution < 1.29 is 14.3 Å². The number of carboxylic acids is 1. The summed E-state index contributed by atoms with van der Waals surface area (Å²) in [5.74, 6) is -1.87. The van der Waals surface area contributed by atoms with E-state index in [-0.39, 0.29) is 5.56 Å². The fourth-order valence-electron chi connectivity index (χ4n) is 0.434. The summed E-state index contributed by atoms with van der Waals surface area (Å²) in [5, 5.41) is 10.6. The average Bonchev–Trinajstić information content (AvgIpc) is 2.13. The quantitative estimate of drug-likeness (QED) is 0.653. The van der Waals surface area contributed by atoms with Gasteiger partial charge in [0.05, 0.1) is 0 Å². The van der Waals surface area contributed by atoms with Crippen molar-refractivity contribution in [2.24, 2.45) is 0 Å². The van der Waals surface area contributed by atoms with E-state index in [2.05, 4.69) is 0 Å². The van der Waals surface area contributed by atoms with Crippen LogP contribution in [0.25, 0.3) is 0 Å². The van der Waals surface area contributed by atoms with Gasteiger partial charge in [-0.25, -0.2) is 9.18 Å². The third kappa shape index (κ3) is 1.08. The number of rotatable bonds is 1. The molecule has 1 heterocycles. The molecule has 0 amide bonds. The van der Waals surface area contributed by atoms with Gasteiger partial charge in [-0.15, -0.1) is 11.3 Å². The summed E-state index contributed by atoms with van der Waals surface area (Å²) in [6, 6.07) is 0. The van der Waals surface area contributed by atoms with E-state index >= 15 is 0 Å². The first kappa shape index (κ1) is 6.22. The van der Waals surface area contributed by atoms with Gasteiger partial charge in [-0.2, -0.15) is 0 Å². The molecule has 0 radical (unpaired) electrons. The van der Waals surface area contributed by atoms with E-state index in [1.54, 1.807) is 0 Å². The number of hydrogen-bond donors (Lipinski definition) is 1. The molecule has 1 rings (SSSR count). The molecule has 0 bridgehead atoms. The minimum atomic E-state index is -1.21. The molecule has 0 aliphatic carbocycles. The Labute approximate surface area is 54.6 Å². The Kier molecular flexibility index (Phi) is 1.48. The molecule has 0 fully saturated rings. The van der Waals surface area contributed by atoms with Crippen LogP contribution in [0.1, 0.15) is 10.4 Å². The molecule has 0 aliphatic rings. The van der Waals surface area contributed by atoms with Crippen LogP contribution in [0.5, 0.6) is 0 Å². The average molecular weight is 146 g/mol. The molecule has 1 aromatic heterocycles. The van der Waals surface area contributed by atoms with E-state index in [1.165, 1.54) is 5.38 Å². The third-order valence-corrected chi connectivity index (χ3v) is 1.56. The van der Waals surface area contributed by atoms with Crippen molar-refractivity contribution >= 4 is 17.3 Å². The number of carbonyl (C=O) groups is 1. The Morgan fingerprint density at radius 2 is 2.33 bits per heavy atom. The second kappa shape index (κ2) is 2.14. The Morgan fingerprint density at radius 1 is 1.67 bits per heavy atom. The zero-order valence-electron chi connectivity index (χ0n) is 4.30. The first-order chi connectivity index (χ1) is 4.22. The van der Waals surface area contributed by atoms with Crippen molar-refractivity contribution in [3.63, 3.8) is 0 Å². The van der Waals surface area contributed by atoms with E-state index in [1.807, 2.05) is 0 Å². The smallest absolute Gasteiger partial charge is 0.339 e. The first-order valence-electron chi connectivity index (χ1n) is 2.17. The number of halogens is 1. The molecule has 0 saturated heterocycles. The molecule has 1 aromatic rings. The number of hydrogen-bond acceptors (Lipinski definition) is 2.